The van der Waals surface area contributed by atoms with E-state index in [2.05, 4.69) is 25.8 Å². The highest BCUT2D eigenvalue weighted by molar-refractivity contribution is 6.36. The van der Waals surface area contributed by atoms with Crippen molar-refractivity contribution >= 4 is 33.4 Å². The first kappa shape index (κ1) is 12.4. The summed E-state index contributed by atoms with van der Waals surface area (Å²) in [6.45, 7) is 6.40. The van der Waals surface area contributed by atoms with E-state index in [9.17, 15) is 0 Å². The number of pyridine rings is 2. The molecule has 0 fully saturated rings. The van der Waals surface area contributed by atoms with E-state index in [4.69, 9.17) is 16.6 Å². The summed E-state index contributed by atoms with van der Waals surface area (Å²) in [5.41, 5.74) is 2.75. The standard InChI is InChI=1S/C16H15ClN2/c1-16(2,3)13-9-12(17)11-7-6-10-5-4-8-18-14(10)15(11)19-13/h4-9H,1-3H3. The molecule has 0 saturated heterocycles. The molecule has 3 aromatic rings. The predicted octanol–water partition coefficient (Wildman–Crippen LogP) is 4.73. The van der Waals surface area contributed by atoms with Crippen LogP contribution in [0.25, 0.3) is 21.8 Å². The summed E-state index contributed by atoms with van der Waals surface area (Å²) < 4.78 is 0. The minimum Gasteiger partial charge on any atom is -0.254 e. The fourth-order valence-electron chi connectivity index (χ4n) is 2.17. The second-order valence-corrected chi connectivity index (χ2v) is 6.18. The van der Waals surface area contributed by atoms with Crippen LogP contribution in [0.3, 0.4) is 0 Å². The van der Waals surface area contributed by atoms with E-state index < -0.39 is 0 Å². The molecule has 3 heteroatoms. The average molecular weight is 271 g/mol. The van der Waals surface area contributed by atoms with Crippen LogP contribution < -0.4 is 0 Å². The largest absolute Gasteiger partial charge is 0.254 e. The summed E-state index contributed by atoms with van der Waals surface area (Å²) in [5, 5.41) is 2.79. The van der Waals surface area contributed by atoms with Crippen LogP contribution in [0.2, 0.25) is 5.02 Å². The van der Waals surface area contributed by atoms with Crippen LogP contribution in [0.5, 0.6) is 0 Å². The van der Waals surface area contributed by atoms with Crippen LogP contribution >= 0.6 is 11.6 Å². The number of rotatable bonds is 0. The van der Waals surface area contributed by atoms with Gasteiger partial charge in [-0.25, -0.2) is 4.98 Å². The number of hydrogen-bond acceptors (Lipinski definition) is 2. The van der Waals surface area contributed by atoms with Crippen LogP contribution in [0.15, 0.2) is 36.5 Å². The molecule has 19 heavy (non-hydrogen) atoms. The molecule has 3 rings (SSSR count). The molecule has 0 amide bonds. The molecule has 0 spiro atoms. The summed E-state index contributed by atoms with van der Waals surface area (Å²) in [5.74, 6) is 0. The number of aromatic nitrogens is 2. The van der Waals surface area contributed by atoms with Crippen LogP contribution in [0.4, 0.5) is 0 Å². The Labute approximate surface area is 117 Å². The fourth-order valence-corrected chi connectivity index (χ4v) is 2.43. The van der Waals surface area contributed by atoms with Crippen molar-refractivity contribution in [3.63, 3.8) is 0 Å². The molecule has 2 aromatic heterocycles. The van der Waals surface area contributed by atoms with Gasteiger partial charge in [-0.05, 0) is 12.1 Å². The molecule has 2 heterocycles. The highest BCUT2D eigenvalue weighted by Gasteiger charge is 2.18. The maximum atomic E-state index is 6.40. The number of fused-ring (bicyclic) bond motifs is 3. The van der Waals surface area contributed by atoms with Gasteiger partial charge in [-0.3, -0.25) is 4.98 Å². The van der Waals surface area contributed by atoms with Crippen molar-refractivity contribution in [2.24, 2.45) is 0 Å². The molecule has 0 unspecified atom stereocenters. The smallest absolute Gasteiger partial charge is 0.0983 e. The molecule has 96 valence electrons. The van der Waals surface area contributed by atoms with Crippen molar-refractivity contribution in [1.82, 2.24) is 9.97 Å². The average Bonchev–Trinajstić information content (AvgIpc) is 2.37. The zero-order valence-electron chi connectivity index (χ0n) is 11.2. The zero-order valence-corrected chi connectivity index (χ0v) is 12.0. The summed E-state index contributed by atoms with van der Waals surface area (Å²) in [6.07, 6.45) is 1.79. The summed E-state index contributed by atoms with van der Waals surface area (Å²) in [6, 6.07) is 9.99. The van der Waals surface area contributed by atoms with Gasteiger partial charge in [0.05, 0.1) is 16.1 Å². The Balaban J connectivity index is 2.47. The lowest BCUT2D eigenvalue weighted by atomic mass is 9.91. The third kappa shape index (κ3) is 2.06. The Morgan fingerprint density at radius 3 is 2.58 bits per heavy atom. The van der Waals surface area contributed by atoms with Crippen molar-refractivity contribution in [3.05, 3.63) is 47.2 Å². The molecular formula is C16H15ClN2. The van der Waals surface area contributed by atoms with Gasteiger partial charge >= 0.3 is 0 Å². The van der Waals surface area contributed by atoms with E-state index >= 15 is 0 Å². The summed E-state index contributed by atoms with van der Waals surface area (Å²) >= 11 is 6.40. The maximum Gasteiger partial charge on any atom is 0.0983 e. The normalized spacial score (nSPS) is 12.2. The van der Waals surface area contributed by atoms with Crippen LogP contribution in [0, 0.1) is 0 Å². The van der Waals surface area contributed by atoms with Crippen molar-refractivity contribution < 1.29 is 0 Å². The van der Waals surface area contributed by atoms with Crippen molar-refractivity contribution in [3.8, 4) is 0 Å². The number of halogens is 1. The third-order valence-electron chi connectivity index (χ3n) is 3.27. The van der Waals surface area contributed by atoms with Gasteiger partial charge in [0.1, 0.15) is 0 Å². The van der Waals surface area contributed by atoms with E-state index in [1.165, 1.54) is 0 Å². The lowest BCUT2D eigenvalue weighted by Crippen LogP contribution is -2.13. The Kier molecular flexibility index (Phi) is 2.72. The van der Waals surface area contributed by atoms with E-state index in [1.54, 1.807) is 6.20 Å². The second kappa shape index (κ2) is 4.17. The number of hydrogen-bond donors (Lipinski definition) is 0. The molecule has 1 aromatic carbocycles. The van der Waals surface area contributed by atoms with Gasteiger partial charge in [0, 0.05) is 28.1 Å². The molecule has 0 atom stereocenters. The minimum atomic E-state index is -0.0330. The Morgan fingerprint density at radius 1 is 1.05 bits per heavy atom. The van der Waals surface area contributed by atoms with Gasteiger partial charge in [-0.1, -0.05) is 50.6 Å². The van der Waals surface area contributed by atoms with Gasteiger partial charge < -0.3 is 0 Å². The van der Waals surface area contributed by atoms with Crippen LogP contribution in [0.1, 0.15) is 26.5 Å². The molecule has 0 aliphatic heterocycles. The van der Waals surface area contributed by atoms with Gasteiger partial charge in [-0.15, -0.1) is 0 Å². The lowest BCUT2D eigenvalue weighted by molar-refractivity contribution is 0.571. The van der Waals surface area contributed by atoms with Gasteiger partial charge in [0.25, 0.3) is 0 Å². The molecule has 0 bridgehead atoms. The van der Waals surface area contributed by atoms with E-state index in [1.807, 2.05) is 30.3 Å². The Bertz CT molecular complexity index is 773. The SMILES string of the molecule is CC(C)(C)c1cc(Cl)c2ccc3cccnc3c2n1. The molecule has 0 N–H and O–H groups in total. The Hall–Kier alpha value is -1.67. The lowest BCUT2D eigenvalue weighted by Gasteiger charge is -2.19. The molecule has 0 radical (unpaired) electrons. The quantitative estimate of drug-likeness (QED) is 0.552. The Morgan fingerprint density at radius 2 is 1.84 bits per heavy atom. The number of benzene rings is 1. The van der Waals surface area contributed by atoms with E-state index in [0.29, 0.717) is 0 Å². The zero-order chi connectivity index (χ0) is 13.6. The molecule has 0 aliphatic rings. The number of nitrogens with zero attached hydrogens (tertiary/aromatic N) is 2. The molecule has 0 saturated carbocycles. The van der Waals surface area contributed by atoms with E-state index in [-0.39, 0.29) is 5.41 Å². The molecule has 2 nitrogen and oxygen atoms in total. The van der Waals surface area contributed by atoms with Crippen molar-refractivity contribution in [2.75, 3.05) is 0 Å². The molecule has 0 aliphatic carbocycles. The van der Waals surface area contributed by atoms with Crippen molar-refractivity contribution in [1.29, 1.82) is 0 Å². The highest BCUT2D eigenvalue weighted by atomic mass is 35.5. The third-order valence-corrected chi connectivity index (χ3v) is 3.58. The minimum absolute atomic E-state index is 0.0330. The fraction of sp³-hybridized carbons (Fsp3) is 0.250. The summed E-state index contributed by atoms with van der Waals surface area (Å²) in [7, 11) is 0. The van der Waals surface area contributed by atoms with E-state index in [0.717, 1.165) is 32.5 Å². The highest BCUT2D eigenvalue weighted by Crippen LogP contribution is 2.31. The first-order valence-electron chi connectivity index (χ1n) is 6.31. The monoisotopic (exact) mass is 270 g/mol. The second-order valence-electron chi connectivity index (χ2n) is 5.78. The topological polar surface area (TPSA) is 25.8 Å². The summed E-state index contributed by atoms with van der Waals surface area (Å²) in [4.78, 5) is 9.24. The first-order chi connectivity index (χ1) is 8.97. The van der Waals surface area contributed by atoms with Gasteiger partial charge in [0.2, 0.25) is 0 Å². The van der Waals surface area contributed by atoms with Crippen LogP contribution in [-0.2, 0) is 5.41 Å². The maximum absolute atomic E-state index is 6.40. The molecular weight excluding hydrogens is 256 g/mol. The van der Waals surface area contributed by atoms with Crippen molar-refractivity contribution in [2.45, 2.75) is 26.2 Å². The van der Waals surface area contributed by atoms with Gasteiger partial charge in [0.15, 0.2) is 0 Å². The first-order valence-corrected chi connectivity index (χ1v) is 6.69. The van der Waals surface area contributed by atoms with Gasteiger partial charge in [-0.2, -0.15) is 0 Å². The predicted molar refractivity (Wildman–Crippen MR) is 80.8 cm³/mol. The van der Waals surface area contributed by atoms with Crippen LogP contribution in [-0.4, -0.2) is 9.97 Å².